The zero-order valence-corrected chi connectivity index (χ0v) is 40.2. The van der Waals surface area contributed by atoms with Gasteiger partial charge < -0.3 is 64.2 Å². The largest absolute Gasteiger partial charge is 0.462 e. The Balaban J connectivity index is 1.80. The fourth-order valence-electron chi connectivity index (χ4n) is 8.21. The normalized spacial score (nSPS) is 26.4. The molecule has 2 aliphatic rings. The molecule has 15 nitrogen and oxygen atoms in total. The van der Waals surface area contributed by atoms with Gasteiger partial charge in [-0.25, -0.2) is 0 Å². The van der Waals surface area contributed by atoms with Crippen LogP contribution in [0.1, 0.15) is 200 Å². The fourth-order valence-corrected chi connectivity index (χ4v) is 8.21. The Hall–Kier alpha value is -1.76. The molecule has 0 spiro atoms. The van der Waals surface area contributed by atoms with E-state index in [9.17, 15) is 45.3 Å². The van der Waals surface area contributed by atoms with E-state index in [1.807, 2.05) is 0 Å². The molecule has 7 N–H and O–H groups in total. The summed E-state index contributed by atoms with van der Waals surface area (Å²) in [6, 6.07) is 0. The van der Waals surface area contributed by atoms with Crippen molar-refractivity contribution in [2.24, 2.45) is 0 Å². The Kier molecular flexibility index (Phi) is 34.8. The lowest BCUT2D eigenvalue weighted by atomic mass is 9.98. The Morgan fingerprint density at radius 2 is 0.877 bits per heavy atom. The summed E-state index contributed by atoms with van der Waals surface area (Å²) in [6.45, 7) is 2.58. The first kappa shape index (κ1) is 59.4. The second-order valence-electron chi connectivity index (χ2n) is 18.4. The summed E-state index contributed by atoms with van der Waals surface area (Å²) in [5.74, 6) is -0.926. The number of unbranched alkanes of at least 4 members (excludes halogenated alkanes) is 24. The van der Waals surface area contributed by atoms with E-state index in [2.05, 4.69) is 26.0 Å². The Labute approximate surface area is 390 Å². The number of hydrogen-bond donors (Lipinski definition) is 7. The van der Waals surface area contributed by atoms with Gasteiger partial charge >= 0.3 is 11.9 Å². The van der Waals surface area contributed by atoms with E-state index in [-0.39, 0.29) is 26.1 Å². The monoisotopic (exact) mass is 933 g/mol. The van der Waals surface area contributed by atoms with Crippen LogP contribution in [0.2, 0.25) is 0 Å². The predicted molar refractivity (Wildman–Crippen MR) is 248 cm³/mol. The molecule has 11 atom stereocenters. The van der Waals surface area contributed by atoms with Gasteiger partial charge in [0.05, 0.1) is 19.8 Å². The Morgan fingerprint density at radius 1 is 0.477 bits per heavy atom. The first-order valence-electron chi connectivity index (χ1n) is 25.8. The smallest absolute Gasteiger partial charge is 0.306 e. The molecular formula is C50H92O15. The van der Waals surface area contributed by atoms with E-state index < -0.39 is 92.7 Å². The van der Waals surface area contributed by atoms with Gasteiger partial charge in [0, 0.05) is 12.8 Å². The molecular weight excluding hydrogens is 841 g/mol. The first-order chi connectivity index (χ1) is 31.5. The molecule has 0 radical (unpaired) electrons. The molecule has 4 unspecified atom stereocenters. The number of carbonyl (C=O) groups is 2. The third kappa shape index (κ3) is 26.5. The van der Waals surface area contributed by atoms with Crippen molar-refractivity contribution in [1.82, 2.24) is 0 Å². The number of carbonyl (C=O) groups excluding carboxylic acids is 2. The van der Waals surface area contributed by atoms with Crippen LogP contribution in [0.5, 0.6) is 0 Å². The number of aliphatic hydroxyl groups is 7. The molecule has 65 heavy (non-hydrogen) atoms. The third-order valence-corrected chi connectivity index (χ3v) is 12.5. The van der Waals surface area contributed by atoms with Gasteiger partial charge in [0.15, 0.2) is 18.7 Å². The van der Waals surface area contributed by atoms with Crippen molar-refractivity contribution in [3.63, 3.8) is 0 Å². The molecule has 0 aromatic heterocycles. The van der Waals surface area contributed by atoms with Crippen LogP contribution < -0.4 is 0 Å². The van der Waals surface area contributed by atoms with Gasteiger partial charge in [-0.05, 0) is 38.5 Å². The average Bonchev–Trinajstić information content (AvgIpc) is 3.30. The second kappa shape index (κ2) is 38.1. The molecule has 2 fully saturated rings. The van der Waals surface area contributed by atoms with E-state index in [0.717, 1.165) is 57.8 Å². The summed E-state index contributed by atoms with van der Waals surface area (Å²) < 4.78 is 33.6. The standard InChI is InChI=1S/C50H92O15/c1-3-5-7-9-11-13-15-17-18-19-20-21-23-25-27-29-31-33-42(53)63-38(35-60-41(52)32-30-28-26-24-22-16-14-12-10-8-6-4-2)36-61-49-48(59)46(57)44(55)40(65-49)37-62-50-47(58)45(56)43(54)39(34-51)64-50/h12,14,38-40,43-51,54-59H,3-11,13,15-37H2,1-2H3/b14-12+/t38-,39+,40+,43-,44-,45?,46?,47?,48?,49+,50+/m1/s1. The van der Waals surface area contributed by atoms with E-state index in [4.69, 9.17) is 28.4 Å². The number of ether oxygens (including phenoxy) is 6. The molecule has 0 saturated carbocycles. The number of esters is 2. The number of aliphatic hydroxyl groups excluding tert-OH is 7. The summed E-state index contributed by atoms with van der Waals surface area (Å²) in [5.41, 5.74) is 0. The van der Waals surface area contributed by atoms with Crippen molar-refractivity contribution in [1.29, 1.82) is 0 Å². The van der Waals surface area contributed by atoms with Crippen molar-refractivity contribution in [3.8, 4) is 0 Å². The van der Waals surface area contributed by atoms with Gasteiger partial charge in [-0.15, -0.1) is 0 Å². The van der Waals surface area contributed by atoms with Crippen LogP contribution in [-0.2, 0) is 38.0 Å². The summed E-state index contributed by atoms with van der Waals surface area (Å²) in [4.78, 5) is 25.7. The van der Waals surface area contributed by atoms with Gasteiger partial charge in [-0.1, -0.05) is 161 Å². The third-order valence-electron chi connectivity index (χ3n) is 12.5. The first-order valence-corrected chi connectivity index (χ1v) is 25.8. The van der Waals surface area contributed by atoms with E-state index >= 15 is 0 Å². The lowest BCUT2D eigenvalue weighted by Gasteiger charge is -2.42. The second-order valence-corrected chi connectivity index (χ2v) is 18.4. The molecule has 0 aromatic carbocycles. The number of rotatable bonds is 40. The minimum absolute atomic E-state index is 0.169. The van der Waals surface area contributed by atoms with Crippen LogP contribution in [0.4, 0.5) is 0 Å². The summed E-state index contributed by atoms with van der Waals surface area (Å²) >= 11 is 0. The average molecular weight is 933 g/mol. The van der Waals surface area contributed by atoms with Crippen molar-refractivity contribution in [2.45, 2.75) is 268 Å². The molecule has 2 aliphatic heterocycles. The number of hydrogen-bond acceptors (Lipinski definition) is 15. The maximum atomic E-state index is 13.0. The van der Waals surface area contributed by atoms with Crippen LogP contribution in [0.25, 0.3) is 0 Å². The molecule has 0 aliphatic carbocycles. The maximum Gasteiger partial charge on any atom is 0.306 e. The van der Waals surface area contributed by atoms with Gasteiger partial charge in [-0.2, -0.15) is 0 Å². The van der Waals surface area contributed by atoms with Gasteiger partial charge in [0.1, 0.15) is 55.4 Å². The fraction of sp³-hybridized carbons (Fsp3) is 0.920. The van der Waals surface area contributed by atoms with E-state index in [0.29, 0.717) is 12.8 Å². The van der Waals surface area contributed by atoms with Crippen LogP contribution in [0.3, 0.4) is 0 Å². The maximum absolute atomic E-state index is 13.0. The van der Waals surface area contributed by atoms with Crippen LogP contribution in [-0.4, -0.2) is 142 Å². The lowest BCUT2D eigenvalue weighted by molar-refractivity contribution is -0.332. The molecule has 0 aromatic rings. The van der Waals surface area contributed by atoms with Crippen molar-refractivity contribution < 1.29 is 73.8 Å². The topological polar surface area (TPSA) is 231 Å². The molecule has 0 bridgehead atoms. The zero-order valence-electron chi connectivity index (χ0n) is 40.2. The highest BCUT2D eigenvalue weighted by molar-refractivity contribution is 5.70. The highest BCUT2D eigenvalue weighted by Gasteiger charge is 2.47. The van der Waals surface area contributed by atoms with Gasteiger partial charge in [0.25, 0.3) is 0 Å². The van der Waals surface area contributed by atoms with E-state index in [1.165, 1.54) is 103 Å². The Bertz CT molecular complexity index is 1190. The predicted octanol–water partition coefficient (Wildman–Crippen LogP) is 6.99. The van der Waals surface area contributed by atoms with Crippen molar-refractivity contribution in [2.75, 3.05) is 26.4 Å². The minimum Gasteiger partial charge on any atom is -0.462 e. The molecule has 2 rings (SSSR count). The van der Waals surface area contributed by atoms with Gasteiger partial charge in [-0.3, -0.25) is 9.59 Å². The lowest BCUT2D eigenvalue weighted by Crippen LogP contribution is -2.61. The highest BCUT2D eigenvalue weighted by Crippen LogP contribution is 2.26. The van der Waals surface area contributed by atoms with Crippen molar-refractivity contribution in [3.05, 3.63) is 12.2 Å². The van der Waals surface area contributed by atoms with Crippen LogP contribution in [0, 0.1) is 0 Å². The molecule has 382 valence electrons. The minimum atomic E-state index is -1.76. The number of allylic oxidation sites excluding steroid dienone is 2. The molecule has 0 amide bonds. The molecule has 2 saturated heterocycles. The summed E-state index contributed by atoms with van der Waals surface area (Å²) in [7, 11) is 0. The van der Waals surface area contributed by atoms with Crippen LogP contribution >= 0.6 is 0 Å². The van der Waals surface area contributed by atoms with Crippen LogP contribution in [0.15, 0.2) is 12.2 Å². The van der Waals surface area contributed by atoms with E-state index in [1.54, 1.807) is 0 Å². The molecule has 15 heteroatoms. The van der Waals surface area contributed by atoms with Crippen molar-refractivity contribution >= 4 is 11.9 Å². The zero-order chi connectivity index (χ0) is 47.5. The highest BCUT2D eigenvalue weighted by atomic mass is 16.7. The Morgan fingerprint density at radius 3 is 1.38 bits per heavy atom. The summed E-state index contributed by atoms with van der Waals surface area (Å²) in [6.07, 6.45) is 19.6. The SMILES string of the molecule is CCCCC/C=C/CCCCCCCC(=O)OC[C@H](CO[C@H]1O[C@@H](CO[C@H]2O[C@@H](CO)[C@@H](O)C(O)C2O)[C@@H](O)C(O)C1O)OC(=O)CCCCCCCCCCCCCCCCCCC. The quantitative estimate of drug-likeness (QED) is 0.0187. The van der Waals surface area contributed by atoms with Gasteiger partial charge in [0.2, 0.25) is 0 Å². The molecule has 2 heterocycles. The summed E-state index contributed by atoms with van der Waals surface area (Å²) in [5, 5.41) is 72.0.